The zero-order valence-corrected chi connectivity index (χ0v) is 6.95. The van der Waals surface area contributed by atoms with Gasteiger partial charge in [0, 0.05) is 5.57 Å². The summed E-state index contributed by atoms with van der Waals surface area (Å²) >= 11 is 0. The molecule has 0 saturated carbocycles. The standard InChI is InChI=1S/C8H12O4/c1-6(8(9)10)4-7-5-11-2-3-12-7/h4,7H,2-3,5H2,1H3,(H,9,10). The van der Waals surface area contributed by atoms with Gasteiger partial charge in [-0.2, -0.15) is 0 Å². The van der Waals surface area contributed by atoms with Gasteiger partial charge in [-0.05, 0) is 13.0 Å². The van der Waals surface area contributed by atoms with Gasteiger partial charge in [-0.25, -0.2) is 4.79 Å². The number of ether oxygens (including phenoxy) is 2. The number of carboxylic acid groups (broad SMARTS) is 1. The molecular weight excluding hydrogens is 160 g/mol. The van der Waals surface area contributed by atoms with Crippen LogP contribution < -0.4 is 0 Å². The van der Waals surface area contributed by atoms with Gasteiger partial charge in [-0.3, -0.25) is 0 Å². The quantitative estimate of drug-likeness (QED) is 0.614. The van der Waals surface area contributed by atoms with E-state index >= 15 is 0 Å². The second-order valence-corrected chi connectivity index (χ2v) is 2.64. The Labute approximate surface area is 70.8 Å². The van der Waals surface area contributed by atoms with Gasteiger partial charge in [0.25, 0.3) is 0 Å². The highest BCUT2D eigenvalue weighted by atomic mass is 16.6. The fraction of sp³-hybridized carbons (Fsp3) is 0.625. The zero-order valence-electron chi connectivity index (χ0n) is 6.95. The highest BCUT2D eigenvalue weighted by Gasteiger charge is 2.13. The van der Waals surface area contributed by atoms with E-state index in [4.69, 9.17) is 14.6 Å². The highest BCUT2D eigenvalue weighted by Crippen LogP contribution is 2.05. The fourth-order valence-corrected chi connectivity index (χ4v) is 0.952. The van der Waals surface area contributed by atoms with Gasteiger partial charge >= 0.3 is 5.97 Å². The van der Waals surface area contributed by atoms with E-state index in [0.29, 0.717) is 25.4 Å². The first kappa shape index (κ1) is 9.22. The van der Waals surface area contributed by atoms with Crippen molar-refractivity contribution in [2.45, 2.75) is 13.0 Å². The van der Waals surface area contributed by atoms with Crippen LogP contribution in [0.5, 0.6) is 0 Å². The molecule has 1 atom stereocenters. The molecule has 1 aliphatic heterocycles. The Kier molecular flexibility index (Phi) is 3.25. The van der Waals surface area contributed by atoms with E-state index in [9.17, 15) is 4.79 Å². The molecule has 0 amide bonds. The van der Waals surface area contributed by atoms with Crippen molar-refractivity contribution in [3.63, 3.8) is 0 Å². The number of carboxylic acids is 1. The summed E-state index contributed by atoms with van der Waals surface area (Å²) in [4.78, 5) is 10.4. The van der Waals surface area contributed by atoms with Crippen molar-refractivity contribution >= 4 is 5.97 Å². The van der Waals surface area contributed by atoms with E-state index in [1.807, 2.05) is 0 Å². The van der Waals surface area contributed by atoms with Gasteiger partial charge in [0.2, 0.25) is 0 Å². The molecular formula is C8H12O4. The van der Waals surface area contributed by atoms with Gasteiger partial charge in [0.1, 0.15) is 0 Å². The molecule has 0 radical (unpaired) electrons. The van der Waals surface area contributed by atoms with Crippen molar-refractivity contribution < 1.29 is 19.4 Å². The van der Waals surface area contributed by atoms with Gasteiger partial charge in [0.05, 0.1) is 25.9 Å². The fourth-order valence-electron chi connectivity index (χ4n) is 0.952. The Bertz CT molecular complexity index is 191. The summed E-state index contributed by atoms with van der Waals surface area (Å²) in [6.45, 7) is 3.12. The van der Waals surface area contributed by atoms with E-state index in [-0.39, 0.29) is 6.10 Å². The Morgan fingerprint density at radius 2 is 2.33 bits per heavy atom. The van der Waals surface area contributed by atoms with Crippen LogP contribution >= 0.6 is 0 Å². The second kappa shape index (κ2) is 4.23. The number of hydrogen-bond acceptors (Lipinski definition) is 3. The Hall–Kier alpha value is -0.870. The molecule has 1 rings (SSSR count). The van der Waals surface area contributed by atoms with Crippen LogP contribution in [0.4, 0.5) is 0 Å². The molecule has 4 nitrogen and oxygen atoms in total. The van der Waals surface area contributed by atoms with E-state index in [2.05, 4.69) is 0 Å². The monoisotopic (exact) mass is 172 g/mol. The molecule has 0 spiro atoms. The maximum absolute atomic E-state index is 10.4. The molecule has 1 heterocycles. The second-order valence-electron chi connectivity index (χ2n) is 2.64. The minimum atomic E-state index is -0.913. The molecule has 0 bridgehead atoms. The SMILES string of the molecule is CC(=CC1COCCO1)C(=O)O. The summed E-state index contributed by atoms with van der Waals surface area (Å²) in [6, 6.07) is 0. The summed E-state index contributed by atoms with van der Waals surface area (Å²) < 4.78 is 10.3. The minimum absolute atomic E-state index is 0.199. The number of carbonyl (C=O) groups is 1. The lowest BCUT2D eigenvalue weighted by Crippen LogP contribution is -2.27. The molecule has 0 aromatic rings. The molecule has 0 aliphatic carbocycles. The van der Waals surface area contributed by atoms with Crippen LogP contribution in [-0.2, 0) is 14.3 Å². The van der Waals surface area contributed by atoms with Crippen LogP contribution in [0.25, 0.3) is 0 Å². The molecule has 1 fully saturated rings. The van der Waals surface area contributed by atoms with Gasteiger partial charge in [0.15, 0.2) is 0 Å². The van der Waals surface area contributed by atoms with Crippen molar-refractivity contribution in [3.05, 3.63) is 11.6 Å². The summed E-state index contributed by atoms with van der Waals surface area (Å²) in [5.41, 5.74) is 0.297. The molecule has 1 aliphatic rings. The summed E-state index contributed by atoms with van der Waals surface area (Å²) in [5, 5.41) is 8.55. The van der Waals surface area contributed by atoms with Crippen LogP contribution in [0.2, 0.25) is 0 Å². The summed E-state index contributed by atoms with van der Waals surface area (Å²) in [6.07, 6.45) is 1.37. The van der Waals surface area contributed by atoms with E-state index in [0.717, 1.165) is 0 Å². The van der Waals surface area contributed by atoms with Crippen molar-refractivity contribution in [2.75, 3.05) is 19.8 Å². The lowest BCUT2D eigenvalue weighted by Gasteiger charge is -2.20. The maximum Gasteiger partial charge on any atom is 0.331 e. The molecule has 68 valence electrons. The predicted octanol–water partition coefficient (Wildman–Crippen LogP) is 0.433. The van der Waals surface area contributed by atoms with Crippen LogP contribution in [0, 0.1) is 0 Å². The summed E-state index contributed by atoms with van der Waals surface area (Å²) in [5.74, 6) is -0.913. The predicted molar refractivity (Wildman–Crippen MR) is 42.0 cm³/mol. The average molecular weight is 172 g/mol. The van der Waals surface area contributed by atoms with Crippen LogP contribution in [0.3, 0.4) is 0 Å². The topological polar surface area (TPSA) is 55.8 Å². The Balaban J connectivity index is 2.47. The van der Waals surface area contributed by atoms with E-state index in [1.54, 1.807) is 13.0 Å². The van der Waals surface area contributed by atoms with Crippen LogP contribution in [0.15, 0.2) is 11.6 Å². The molecule has 1 unspecified atom stereocenters. The first-order valence-corrected chi connectivity index (χ1v) is 3.81. The lowest BCUT2D eigenvalue weighted by molar-refractivity contribution is -0.132. The maximum atomic E-state index is 10.4. The third kappa shape index (κ3) is 2.64. The average Bonchev–Trinajstić information content (AvgIpc) is 2.06. The number of rotatable bonds is 2. The third-order valence-corrected chi connectivity index (χ3v) is 1.61. The largest absolute Gasteiger partial charge is 0.478 e. The molecule has 4 heteroatoms. The Morgan fingerprint density at radius 1 is 1.58 bits per heavy atom. The van der Waals surface area contributed by atoms with Crippen LogP contribution in [0.1, 0.15) is 6.92 Å². The zero-order chi connectivity index (χ0) is 8.97. The van der Waals surface area contributed by atoms with Crippen molar-refractivity contribution in [1.82, 2.24) is 0 Å². The lowest BCUT2D eigenvalue weighted by atomic mass is 10.2. The number of hydrogen-bond donors (Lipinski definition) is 1. The number of aliphatic carboxylic acids is 1. The van der Waals surface area contributed by atoms with Crippen molar-refractivity contribution in [3.8, 4) is 0 Å². The third-order valence-electron chi connectivity index (χ3n) is 1.61. The molecule has 1 saturated heterocycles. The van der Waals surface area contributed by atoms with E-state index in [1.165, 1.54) is 0 Å². The first-order valence-electron chi connectivity index (χ1n) is 3.81. The van der Waals surface area contributed by atoms with Crippen molar-refractivity contribution in [2.24, 2.45) is 0 Å². The highest BCUT2D eigenvalue weighted by molar-refractivity contribution is 5.85. The first-order chi connectivity index (χ1) is 5.70. The molecule has 1 N–H and O–H groups in total. The minimum Gasteiger partial charge on any atom is -0.478 e. The molecule has 12 heavy (non-hydrogen) atoms. The summed E-state index contributed by atoms with van der Waals surface area (Å²) in [7, 11) is 0. The molecule has 0 aromatic carbocycles. The van der Waals surface area contributed by atoms with Gasteiger partial charge in [-0.15, -0.1) is 0 Å². The Morgan fingerprint density at radius 3 is 2.83 bits per heavy atom. The van der Waals surface area contributed by atoms with Gasteiger partial charge in [-0.1, -0.05) is 0 Å². The molecule has 0 aromatic heterocycles. The van der Waals surface area contributed by atoms with E-state index < -0.39 is 5.97 Å². The van der Waals surface area contributed by atoms with Crippen LogP contribution in [-0.4, -0.2) is 37.0 Å². The van der Waals surface area contributed by atoms with Crippen molar-refractivity contribution in [1.29, 1.82) is 0 Å². The smallest absolute Gasteiger partial charge is 0.331 e. The normalized spacial score (nSPS) is 25.4. The van der Waals surface area contributed by atoms with Gasteiger partial charge < -0.3 is 14.6 Å².